The molecule has 184 valence electrons. The third-order valence-electron chi connectivity index (χ3n) is 6.74. The molecule has 1 aliphatic heterocycles. The van der Waals surface area contributed by atoms with Gasteiger partial charge in [0.2, 0.25) is 0 Å². The van der Waals surface area contributed by atoms with E-state index in [0.717, 1.165) is 16.8 Å². The standard InChI is InChI=1S/C29H33NO5/c1-17(2)16-35-29(32)26-18(3)30-22-13-21(19-9-7-6-8-10-19)14-23(31)28(22)27(26)20-11-12-24(33-4)25(15-20)34-5/h6-12,15,17,21,26-27H,13-14,16H2,1-5H3/t21-,26?,27-/m1/s1. The zero-order valence-electron chi connectivity index (χ0n) is 21.0. The molecule has 0 aromatic heterocycles. The van der Waals surface area contributed by atoms with E-state index in [0.29, 0.717) is 42.2 Å². The van der Waals surface area contributed by atoms with Crippen LogP contribution in [0.25, 0.3) is 0 Å². The van der Waals surface area contributed by atoms with Crippen LogP contribution < -0.4 is 9.47 Å². The van der Waals surface area contributed by atoms with Gasteiger partial charge in [-0.3, -0.25) is 14.6 Å². The number of Topliss-reactive ketones (excluding diaryl/α,β-unsaturated/α-hetero) is 1. The summed E-state index contributed by atoms with van der Waals surface area (Å²) in [4.78, 5) is 31.9. The Balaban J connectivity index is 1.80. The van der Waals surface area contributed by atoms with Gasteiger partial charge in [-0.15, -0.1) is 0 Å². The van der Waals surface area contributed by atoms with Crippen molar-refractivity contribution in [2.24, 2.45) is 16.8 Å². The fourth-order valence-corrected chi connectivity index (χ4v) is 5.07. The SMILES string of the molecule is COc1ccc([C@H]2C3=C(C[C@@H](c4ccccc4)CC3=O)N=C(C)C2C(=O)OCC(C)C)cc1OC. The van der Waals surface area contributed by atoms with Crippen molar-refractivity contribution in [3.05, 3.63) is 70.9 Å². The summed E-state index contributed by atoms with van der Waals surface area (Å²) in [5.74, 6) is -0.0978. The topological polar surface area (TPSA) is 74.2 Å². The lowest BCUT2D eigenvalue weighted by molar-refractivity contribution is -0.147. The molecule has 1 aliphatic carbocycles. The third-order valence-corrected chi connectivity index (χ3v) is 6.74. The van der Waals surface area contributed by atoms with Crippen molar-refractivity contribution in [1.29, 1.82) is 0 Å². The number of benzene rings is 2. The van der Waals surface area contributed by atoms with Crippen LogP contribution in [0, 0.1) is 11.8 Å². The van der Waals surface area contributed by atoms with Gasteiger partial charge in [-0.05, 0) is 48.4 Å². The van der Waals surface area contributed by atoms with Gasteiger partial charge in [0, 0.05) is 29.3 Å². The molecule has 3 atom stereocenters. The molecule has 2 aromatic rings. The number of methoxy groups -OCH3 is 2. The number of ketones is 1. The Labute approximate surface area is 207 Å². The molecule has 0 fully saturated rings. The number of esters is 1. The van der Waals surface area contributed by atoms with E-state index in [1.54, 1.807) is 14.2 Å². The summed E-state index contributed by atoms with van der Waals surface area (Å²) < 4.78 is 16.6. The minimum absolute atomic E-state index is 0.0257. The predicted molar refractivity (Wildman–Crippen MR) is 135 cm³/mol. The molecule has 2 aliphatic rings. The van der Waals surface area contributed by atoms with Crippen LogP contribution in [0.5, 0.6) is 11.5 Å². The van der Waals surface area contributed by atoms with Gasteiger partial charge < -0.3 is 14.2 Å². The number of carbonyl (C=O) groups excluding carboxylic acids is 2. The summed E-state index contributed by atoms with van der Waals surface area (Å²) >= 11 is 0. The van der Waals surface area contributed by atoms with E-state index < -0.39 is 11.8 Å². The monoisotopic (exact) mass is 475 g/mol. The van der Waals surface area contributed by atoms with Gasteiger partial charge >= 0.3 is 5.97 Å². The lowest BCUT2D eigenvalue weighted by atomic mass is 9.69. The molecular weight excluding hydrogens is 442 g/mol. The first-order valence-corrected chi connectivity index (χ1v) is 12.1. The van der Waals surface area contributed by atoms with Crippen LogP contribution in [0.4, 0.5) is 0 Å². The maximum Gasteiger partial charge on any atom is 0.315 e. The van der Waals surface area contributed by atoms with E-state index >= 15 is 0 Å². The largest absolute Gasteiger partial charge is 0.493 e. The van der Waals surface area contributed by atoms with Crippen LogP contribution in [0.15, 0.2) is 64.8 Å². The van der Waals surface area contributed by atoms with Crippen molar-refractivity contribution in [1.82, 2.24) is 0 Å². The molecule has 1 heterocycles. The van der Waals surface area contributed by atoms with Crippen molar-refractivity contribution in [2.45, 2.75) is 45.4 Å². The molecule has 6 heteroatoms. The molecular formula is C29H33NO5. The maximum absolute atomic E-state index is 13.7. The second kappa shape index (κ2) is 10.5. The average Bonchev–Trinajstić information content (AvgIpc) is 2.86. The summed E-state index contributed by atoms with van der Waals surface area (Å²) in [7, 11) is 3.15. The highest BCUT2D eigenvalue weighted by atomic mass is 16.5. The lowest BCUT2D eigenvalue weighted by Gasteiger charge is -2.36. The first-order chi connectivity index (χ1) is 16.8. The smallest absolute Gasteiger partial charge is 0.315 e. The molecule has 0 saturated heterocycles. The summed E-state index contributed by atoms with van der Waals surface area (Å²) in [6.45, 7) is 6.17. The van der Waals surface area contributed by atoms with Crippen LogP contribution in [0.1, 0.15) is 56.6 Å². The van der Waals surface area contributed by atoms with E-state index in [1.807, 2.05) is 57.2 Å². The predicted octanol–water partition coefficient (Wildman–Crippen LogP) is 5.48. The molecule has 0 N–H and O–H groups in total. The molecule has 0 saturated carbocycles. The number of allylic oxidation sites excluding steroid dienone is 2. The van der Waals surface area contributed by atoms with Gasteiger partial charge in [0.25, 0.3) is 0 Å². The van der Waals surface area contributed by atoms with Gasteiger partial charge in [0.1, 0.15) is 5.92 Å². The first-order valence-electron chi connectivity index (χ1n) is 12.1. The Morgan fingerprint density at radius 2 is 1.71 bits per heavy atom. The normalized spacial score (nSPS) is 21.9. The fraction of sp³-hybridized carbons (Fsp3) is 0.414. The zero-order valence-corrected chi connectivity index (χ0v) is 21.0. The van der Waals surface area contributed by atoms with E-state index in [9.17, 15) is 9.59 Å². The van der Waals surface area contributed by atoms with Crippen molar-refractivity contribution in [3.8, 4) is 11.5 Å². The minimum atomic E-state index is -0.678. The summed E-state index contributed by atoms with van der Waals surface area (Å²) in [5.41, 5.74) is 3.98. The molecule has 6 nitrogen and oxygen atoms in total. The maximum atomic E-state index is 13.7. The van der Waals surface area contributed by atoms with Crippen LogP contribution in [-0.2, 0) is 14.3 Å². The molecule has 0 bridgehead atoms. The summed E-state index contributed by atoms with van der Waals surface area (Å²) in [6, 6.07) is 15.6. The number of aliphatic imine (C=N–C) groups is 1. The highest BCUT2D eigenvalue weighted by molar-refractivity contribution is 6.09. The first kappa shape index (κ1) is 24.7. The van der Waals surface area contributed by atoms with Crippen molar-refractivity contribution in [3.63, 3.8) is 0 Å². The third kappa shape index (κ3) is 5.02. The Hall–Kier alpha value is -3.41. The molecule has 1 unspecified atom stereocenters. The van der Waals surface area contributed by atoms with Gasteiger partial charge in [-0.25, -0.2) is 0 Å². The second-order valence-electron chi connectivity index (χ2n) is 9.65. The Morgan fingerprint density at radius 3 is 2.37 bits per heavy atom. The Bertz CT molecular complexity index is 1160. The van der Waals surface area contributed by atoms with Crippen LogP contribution >= 0.6 is 0 Å². The molecule has 4 rings (SSSR count). The zero-order chi connectivity index (χ0) is 25.1. The minimum Gasteiger partial charge on any atom is -0.493 e. The number of nitrogens with zero attached hydrogens (tertiary/aromatic N) is 1. The van der Waals surface area contributed by atoms with Crippen LogP contribution in [-0.4, -0.2) is 38.3 Å². The quantitative estimate of drug-likeness (QED) is 0.496. The fourth-order valence-electron chi connectivity index (χ4n) is 5.07. The molecule has 0 radical (unpaired) electrons. The number of hydrogen-bond acceptors (Lipinski definition) is 6. The second-order valence-corrected chi connectivity index (χ2v) is 9.65. The number of hydrogen-bond donors (Lipinski definition) is 0. The highest BCUT2D eigenvalue weighted by Crippen LogP contribution is 2.48. The average molecular weight is 476 g/mol. The molecule has 35 heavy (non-hydrogen) atoms. The van der Waals surface area contributed by atoms with Crippen molar-refractivity contribution >= 4 is 17.5 Å². The number of rotatable bonds is 7. The van der Waals surface area contributed by atoms with E-state index in [2.05, 4.69) is 12.1 Å². The molecule has 2 aromatic carbocycles. The van der Waals surface area contributed by atoms with E-state index in [1.165, 1.54) is 0 Å². The number of ether oxygens (including phenoxy) is 3. The van der Waals surface area contributed by atoms with Gasteiger partial charge in [-0.2, -0.15) is 0 Å². The highest BCUT2D eigenvalue weighted by Gasteiger charge is 2.45. The van der Waals surface area contributed by atoms with E-state index in [-0.39, 0.29) is 23.6 Å². The Morgan fingerprint density at radius 1 is 1.00 bits per heavy atom. The molecule has 0 spiro atoms. The summed E-state index contributed by atoms with van der Waals surface area (Å²) in [5, 5.41) is 0. The van der Waals surface area contributed by atoms with Gasteiger partial charge in [0.05, 0.1) is 20.8 Å². The van der Waals surface area contributed by atoms with E-state index in [4.69, 9.17) is 19.2 Å². The lowest BCUT2D eigenvalue weighted by Crippen LogP contribution is -2.38. The number of carbonyl (C=O) groups is 2. The van der Waals surface area contributed by atoms with Crippen molar-refractivity contribution < 1.29 is 23.8 Å². The van der Waals surface area contributed by atoms with Gasteiger partial charge in [0.15, 0.2) is 17.3 Å². The van der Waals surface area contributed by atoms with Gasteiger partial charge in [-0.1, -0.05) is 50.2 Å². The van der Waals surface area contributed by atoms with Crippen LogP contribution in [0.2, 0.25) is 0 Å². The Kier molecular flexibility index (Phi) is 7.39. The summed E-state index contributed by atoms with van der Waals surface area (Å²) in [6.07, 6.45) is 1.04. The molecule has 0 amide bonds. The van der Waals surface area contributed by atoms with Crippen LogP contribution in [0.3, 0.4) is 0 Å². The van der Waals surface area contributed by atoms with Crippen molar-refractivity contribution in [2.75, 3.05) is 20.8 Å².